The van der Waals surface area contributed by atoms with E-state index in [1.807, 2.05) is 0 Å². The molecule has 2 aliphatic rings. The molecule has 5 rings (SSSR count). The second kappa shape index (κ2) is 4.76. The molecule has 2 aromatic heterocycles. The zero-order valence-electron chi connectivity index (χ0n) is 12.7. The van der Waals surface area contributed by atoms with Gasteiger partial charge in [0, 0.05) is 4.88 Å². The van der Waals surface area contributed by atoms with Gasteiger partial charge in [0.1, 0.15) is 0 Å². The van der Waals surface area contributed by atoms with Gasteiger partial charge in [-0.1, -0.05) is 29.4 Å². The van der Waals surface area contributed by atoms with Gasteiger partial charge in [0.25, 0.3) is 5.89 Å². The number of hydrogen-bond donors (Lipinski definition) is 1. The number of nitrogens with zero attached hydrogens (tertiary/aromatic N) is 2. The molecule has 0 unspecified atom stereocenters. The van der Waals surface area contributed by atoms with Crippen molar-refractivity contribution in [3.63, 3.8) is 0 Å². The molecule has 116 valence electrons. The van der Waals surface area contributed by atoms with Crippen LogP contribution >= 0.6 is 11.3 Å². The van der Waals surface area contributed by atoms with Crippen LogP contribution in [-0.4, -0.2) is 10.1 Å². The van der Waals surface area contributed by atoms with Crippen LogP contribution in [0.25, 0.3) is 21.2 Å². The predicted octanol–water partition coefficient (Wildman–Crippen LogP) is 3.90. The maximum Gasteiger partial charge on any atom is 0.268 e. The van der Waals surface area contributed by atoms with Crippen LogP contribution in [0.4, 0.5) is 0 Å². The van der Waals surface area contributed by atoms with Crippen LogP contribution < -0.4 is 5.73 Å². The monoisotopic (exact) mass is 323 g/mol. The van der Waals surface area contributed by atoms with Gasteiger partial charge in [-0.2, -0.15) is 4.98 Å². The molecule has 1 fully saturated rings. The van der Waals surface area contributed by atoms with E-state index in [0.29, 0.717) is 11.7 Å². The van der Waals surface area contributed by atoms with Gasteiger partial charge in [-0.15, -0.1) is 11.3 Å². The number of benzene rings is 1. The lowest BCUT2D eigenvalue weighted by Gasteiger charge is -2.34. The van der Waals surface area contributed by atoms with Crippen LogP contribution in [0.2, 0.25) is 0 Å². The van der Waals surface area contributed by atoms with Crippen molar-refractivity contribution in [3.05, 3.63) is 47.3 Å². The lowest BCUT2D eigenvalue weighted by molar-refractivity contribution is 0.229. The highest BCUT2D eigenvalue weighted by Gasteiger charge is 2.39. The van der Waals surface area contributed by atoms with Crippen molar-refractivity contribution in [1.82, 2.24) is 10.1 Å². The van der Waals surface area contributed by atoms with Gasteiger partial charge in [0.15, 0.2) is 5.82 Å². The summed E-state index contributed by atoms with van der Waals surface area (Å²) in [6, 6.07) is 10.8. The van der Waals surface area contributed by atoms with Crippen LogP contribution in [0.1, 0.15) is 36.2 Å². The summed E-state index contributed by atoms with van der Waals surface area (Å²) in [5.41, 5.74) is 10.1. The lowest BCUT2D eigenvalue weighted by Crippen LogP contribution is -2.44. The number of aryl methyl sites for hydroxylation is 2. The minimum absolute atomic E-state index is 0.370. The molecular formula is C18H17N3OS. The van der Waals surface area contributed by atoms with Gasteiger partial charge < -0.3 is 10.3 Å². The van der Waals surface area contributed by atoms with Crippen molar-refractivity contribution in [2.75, 3.05) is 0 Å². The number of rotatable bonds is 2. The molecule has 23 heavy (non-hydrogen) atoms. The summed E-state index contributed by atoms with van der Waals surface area (Å²) in [6.45, 7) is 0. The molecule has 2 aliphatic carbocycles. The van der Waals surface area contributed by atoms with E-state index in [1.54, 1.807) is 11.3 Å². The Labute approximate surface area is 138 Å². The first-order valence-corrected chi connectivity index (χ1v) is 8.89. The average molecular weight is 323 g/mol. The third-order valence-corrected chi connectivity index (χ3v) is 6.26. The summed E-state index contributed by atoms with van der Waals surface area (Å²) >= 11 is 1.74. The normalized spacial score (nSPS) is 18.1. The van der Waals surface area contributed by atoms with Crippen molar-refractivity contribution >= 4 is 11.3 Å². The van der Waals surface area contributed by atoms with E-state index in [-0.39, 0.29) is 5.54 Å². The Kier molecular flexibility index (Phi) is 2.78. The summed E-state index contributed by atoms with van der Waals surface area (Å²) in [5, 5.41) is 4.13. The van der Waals surface area contributed by atoms with E-state index < -0.39 is 0 Å². The molecule has 0 radical (unpaired) electrons. The molecule has 0 aliphatic heterocycles. The van der Waals surface area contributed by atoms with Crippen LogP contribution in [0.3, 0.4) is 0 Å². The standard InChI is InChI=1S/C18H17N3OS/c19-18(8-3-9-18)17-20-16(22-21-17)14-10-12-7-6-11-4-1-2-5-13(11)15(12)23-14/h1-2,4-5,10H,3,6-9,19H2. The quantitative estimate of drug-likeness (QED) is 0.777. The zero-order chi connectivity index (χ0) is 15.4. The fraction of sp³-hybridized carbons (Fsp3) is 0.333. The summed E-state index contributed by atoms with van der Waals surface area (Å²) in [4.78, 5) is 6.97. The molecule has 1 aromatic carbocycles. The molecule has 2 heterocycles. The second-order valence-corrected chi connectivity index (χ2v) is 7.61. The van der Waals surface area contributed by atoms with E-state index in [1.165, 1.54) is 21.6 Å². The molecule has 4 nitrogen and oxygen atoms in total. The highest BCUT2D eigenvalue weighted by Crippen LogP contribution is 2.43. The Morgan fingerprint density at radius 2 is 1.96 bits per heavy atom. The molecule has 0 amide bonds. The number of fused-ring (bicyclic) bond motifs is 3. The molecule has 5 heteroatoms. The first-order valence-electron chi connectivity index (χ1n) is 8.07. The van der Waals surface area contributed by atoms with Gasteiger partial charge in [-0.05, 0) is 54.9 Å². The maximum absolute atomic E-state index is 6.29. The zero-order valence-corrected chi connectivity index (χ0v) is 13.5. The second-order valence-electron chi connectivity index (χ2n) is 6.55. The highest BCUT2D eigenvalue weighted by atomic mass is 32.1. The Morgan fingerprint density at radius 1 is 1.13 bits per heavy atom. The summed E-state index contributed by atoms with van der Waals surface area (Å²) < 4.78 is 5.51. The molecule has 0 spiro atoms. The van der Waals surface area contributed by atoms with E-state index >= 15 is 0 Å². The molecule has 0 atom stereocenters. The number of aromatic nitrogens is 2. The minimum atomic E-state index is -0.370. The van der Waals surface area contributed by atoms with Crippen molar-refractivity contribution in [2.45, 2.75) is 37.6 Å². The Morgan fingerprint density at radius 3 is 2.78 bits per heavy atom. The fourth-order valence-corrected chi connectivity index (χ4v) is 4.68. The summed E-state index contributed by atoms with van der Waals surface area (Å²) in [7, 11) is 0. The molecule has 1 saturated carbocycles. The fourth-order valence-electron chi connectivity index (χ4n) is 3.48. The SMILES string of the molecule is NC1(c2noc(-c3cc4c(s3)-c3ccccc3CC4)n2)CCC1. The number of hydrogen-bond acceptors (Lipinski definition) is 5. The van der Waals surface area contributed by atoms with Crippen molar-refractivity contribution in [3.8, 4) is 21.2 Å². The molecule has 3 aromatic rings. The first-order chi connectivity index (χ1) is 11.2. The van der Waals surface area contributed by atoms with Gasteiger partial charge in [-0.3, -0.25) is 0 Å². The van der Waals surface area contributed by atoms with Crippen LogP contribution in [-0.2, 0) is 18.4 Å². The predicted molar refractivity (Wildman–Crippen MR) is 90.2 cm³/mol. The van der Waals surface area contributed by atoms with E-state index in [2.05, 4.69) is 40.5 Å². The summed E-state index contributed by atoms with van der Waals surface area (Å²) in [6.07, 6.45) is 5.20. The summed E-state index contributed by atoms with van der Waals surface area (Å²) in [5.74, 6) is 1.26. The lowest BCUT2D eigenvalue weighted by atomic mass is 9.77. The Bertz CT molecular complexity index is 891. The van der Waals surface area contributed by atoms with E-state index in [9.17, 15) is 0 Å². The van der Waals surface area contributed by atoms with Crippen LogP contribution in [0.5, 0.6) is 0 Å². The molecule has 0 bridgehead atoms. The largest absolute Gasteiger partial charge is 0.333 e. The third kappa shape index (κ3) is 2.00. The topological polar surface area (TPSA) is 64.9 Å². The molecule has 2 N–H and O–H groups in total. The molecule has 0 saturated heterocycles. The maximum atomic E-state index is 6.29. The van der Waals surface area contributed by atoms with Gasteiger partial charge >= 0.3 is 0 Å². The van der Waals surface area contributed by atoms with Gasteiger partial charge in [-0.25, -0.2) is 0 Å². The smallest absolute Gasteiger partial charge is 0.268 e. The van der Waals surface area contributed by atoms with Crippen molar-refractivity contribution in [2.24, 2.45) is 5.73 Å². The average Bonchev–Trinajstić information content (AvgIpc) is 3.19. The Hall–Kier alpha value is -1.98. The third-order valence-electron chi connectivity index (χ3n) is 5.06. The first kappa shape index (κ1) is 13.5. The van der Waals surface area contributed by atoms with Gasteiger partial charge in [0.2, 0.25) is 0 Å². The minimum Gasteiger partial charge on any atom is -0.333 e. The van der Waals surface area contributed by atoms with Crippen LogP contribution in [0, 0.1) is 0 Å². The van der Waals surface area contributed by atoms with E-state index in [4.69, 9.17) is 10.3 Å². The number of thiophene rings is 1. The highest BCUT2D eigenvalue weighted by molar-refractivity contribution is 7.19. The van der Waals surface area contributed by atoms with Crippen LogP contribution in [0.15, 0.2) is 34.9 Å². The van der Waals surface area contributed by atoms with E-state index in [0.717, 1.165) is 37.0 Å². The van der Waals surface area contributed by atoms with Gasteiger partial charge in [0.05, 0.1) is 10.4 Å². The van der Waals surface area contributed by atoms with Crippen molar-refractivity contribution < 1.29 is 4.52 Å². The number of nitrogens with two attached hydrogens (primary N) is 1. The molecular weight excluding hydrogens is 306 g/mol. The Balaban J connectivity index is 1.55. The van der Waals surface area contributed by atoms with Crippen molar-refractivity contribution in [1.29, 1.82) is 0 Å².